The number of aliphatic carboxylic acids is 1. The van der Waals surface area contributed by atoms with Gasteiger partial charge < -0.3 is 15.6 Å². The van der Waals surface area contributed by atoms with Crippen LogP contribution in [0.1, 0.15) is 6.92 Å². The minimum atomic E-state index is -2.13. The van der Waals surface area contributed by atoms with Crippen LogP contribution in [0.5, 0.6) is 0 Å². The summed E-state index contributed by atoms with van der Waals surface area (Å²) in [5.74, 6) is -3.02. The van der Waals surface area contributed by atoms with Crippen LogP contribution in [-0.2, 0) is 14.3 Å². The maximum Gasteiger partial charge on any atom is 0.339 e. The third kappa shape index (κ3) is 2.09. The highest BCUT2D eigenvalue weighted by molar-refractivity contribution is 6.24. The molecule has 0 amide bonds. The smallest absolute Gasteiger partial charge is 0.339 e. The second-order valence-corrected chi connectivity index (χ2v) is 2.40. The van der Waals surface area contributed by atoms with Gasteiger partial charge in [-0.15, -0.1) is 11.6 Å². The lowest BCUT2D eigenvalue weighted by atomic mass is 10.1. The standard InChI is InChI=1S/C6H10ClNO4/c1-2-12-5(11)6(8,3-7)4(9)10/h2-3,8H2,1H3,(H,9,10)/t6-/m0/s1. The third-order valence-electron chi connectivity index (χ3n) is 1.23. The number of alkyl halides is 1. The van der Waals surface area contributed by atoms with Crippen LogP contribution >= 0.6 is 11.6 Å². The van der Waals surface area contributed by atoms with Crippen molar-refractivity contribution in [1.29, 1.82) is 0 Å². The molecule has 0 rings (SSSR count). The van der Waals surface area contributed by atoms with Crippen LogP contribution in [0, 0.1) is 0 Å². The Kier molecular flexibility index (Phi) is 3.99. The lowest BCUT2D eigenvalue weighted by molar-refractivity contribution is -0.159. The predicted molar refractivity (Wildman–Crippen MR) is 41.9 cm³/mol. The number of halogens is 1. The average molecular weight is 196 g/mol. The first kappa shape index (κ1) is 11.2. The number of carbonyl (C=O) groups excluding carboxylic acids is 1. The van der Waals surface area contributed by atoms with Gasteiger partial charge in [0.15, 0.2) is 0 Å². The van der Waals surface area contributed by atoms with E-state index >= 15 is 0 Å². The van der Waals surface area contributed by atoms with E-state index in [1.165, 1.54) is 0 Å². The van der Waals surface area contributed by atoms with Gasteiger partial charge in [0.2, 0.25) is 5.54 Å². The molecular weight excluding hydrogens is 186 g/mol. The molecule has 0 aromatic heterocycles. The van der Waals surface area contributed by atoms with Crippen molar-refractivity contribution in [3.8, 4) is 0 Å². The summed E-state index contributed by atoms with van der Waals surface area (Å²) in [6, 6.07) is 0. The van der Waals surface area contributed by atoms with Crippen LogP contribution in [0.4, 0.5) is 0 Å². The Hall–Kier alpha value is -0.810. The number of hydrogen-bond donors (Lipinski definition) is 2. The fourth-order valence-corrected chi connectivity index (χ4v) is 0.682. The van der Waals surface area contributed by atoms with Crippen molar-refractivity contribution >= 4 is 23.5 Å². The summed E-state index contributed by atoms with van der Waals surface area (Å²) in [5.41, 5.74) is 3.04. The van der Waals surface area contributed by atoms with Crippen LogP contribution in [-0.4, -0.2) is 35.1 Å². The monoisotopic (exact) mass is 195 g/mol. The Labute approximate surface area is 74.4 Å². The van der Waals surface area contributed by atoms with Crippen LogP contribution in [0.3, 0.4) is 0 Å². The van der Waals surface area contributed by atoms with E-state index in [0.29, 0.717) is 0 Å². The Bertz CT molecular complexity index is 196. The molecule has 3 N–H and O–H groups in total. The van der Waals surface area contributed by atoms with E-state index in [9.17, 15) is 9.59 Å². The van der Waals surface area contributed by atoms with E-state index in [4.69, 9.17) is 22.4 Å². The highest BCUT2D eigenvalue weighted by Crippen LogP contribution is 2.06. The zero-order chi connectivity index (χ0) is 9.78. The lowest BCUT2D eigenvalue weighted by Gasteiger charge is -2.18. The maximum absolute atomic E-state index is 10.9. The van der Waals surface area contributed by atoms with Gasteiger partial charge >= 0.3 is 11.9 Å². The molecule has 0 fully saturated rings. The van der Waals surface area contributed by atoms with Crippen molar-refractivity contribution < 1.29 is 19.4 Å². The highest BCUT2D eigenvalue weighted by atomic mass is 35.5. The molecule has 0 spiro atoms. The normalized spacial score (nSPS) is 14.9. The van der Waals surface area contributed by atoms with Gasteiger partial charge in [0.25, 0.3) is 0 Å². The number of carboxylic acids is 1. The van der Waals surface area contributed by atoms with Crippen LogP contribution in [0.15, 0.2) is 0 Å². The molecule has 0 aromatic rings. The average Bonchev–Trinajstić information content (AvgIpc) is 2.03. The van der Waals surface area contributed by atoms with Gasteiger partial charge in [0.05, 0.1) is 12.5 Å². The molecule has 6 heteroatoms. The van der Waals surface area contributed by atoms with Crippen LogP contribution < -0.4 is 5.73 Å². The van der Waals surface area contributed by atoms with E-state index in [1.54, 1.807) is 6.92 Å². The molecule has 0 saturated carbocycles. The second kappa shape index (κ2) is 4.27. The summed E-state index contributed by atoms with van der Waals surface area (Å²) in [6.07, 6.45) is 0. The highest BCUT2D eigenvalue weighted by Gasteiger charge is 2.43. The molecule has 70 valence electrons. The van der Waals surface area contributed by atoms with E-state index in [1.807, 2.05) is 0 Å². The molecule has 0 aliphatic heterocycles. The second-order valence-electron chi connectivity index (χ2n) is 2.13. The third-order valence-corrected chi connectivity index (χ3v) is 1.65. The molecule has 0 heterocycles. The molecule has 0 aliphatic carbocycles. The summed E-state index contributed by atoms with van der Waals surface area (Å²) in [7, 11) is 0. The van der Waals surface area contributed by atoms with Gasteiger partial charge in [0.1, 0.15) is 0 Å². The fraction of sp³-hybridized carbons (Fsp3) is 0.667. The quantitative estimate of drug-likeness (QED) is 0.361. The Morgan fingerprint density at radius 2 is 2.17 bits per heavy atom. The molecule has 0 unspecified atom stereocenters. The molecule has 0 aliphatic rings. The molecule has 5 nitrogen and oxygen atoms in total. The molecule has 12 heavy (non-hydrogen) atoms. The minimum absolute atomic E-state index is 0.0714. The van der Waals surface area contributed by atoms with E-state index < -0.39 is 23.4 Å². The zero-order valence-electron chi connectivity index (χ0n) is 6.54. The van der Waals surface area contributed by atoms with Gasteiger partial charge in [-0.3, -0.25) is 0 Å². The fourth-order valence-electron chi connectivity index (χ4n) is 0.459. The van der Waals surface area contributed by atoms with Crippen LogP contribution in [0.25, 0.3) is 0 Å². The minimum Gasteiger partial charge on any atom is -0.479 e. The first-order chi connectivity index (χ1) is 5.49. The van der Waals surface area contributed by atoms with Crippen molar-refractivity contribution in [3.63, 3.8) is 0 Å². The van der Waals surface area contributed by atoms with Crippen molar-refractivity contribution in [2.24, 2.45) is 5.73 Å². The number of rotatable bonds is 4. The van der Waals surface area contributed by atoms with E-state index in [0.717, 1.165) is 0 Å². The zero-order valence-corrected chi connectivity index (χ0v) is 7.30. The summed E-state index contributed by atoms with van der Waals surface area (Å²) in [4.78, 5) is 21.4. The van der Waals surface area contributed by atoms with Crippen molar-refractivity contribution in [1.82, 2.24) is 0 Å². The Morgan fingerprint density at radius 1 is 1.67 bits per heavy atom. The molecule has 0 radical (unpaired) electrons. The SMILES string of the molecule is CCOC(=O)[C@](N)(CCl)C(=O)O. The maximum atomic E-state index is 10.9. The van der Waals surface area contributed by atoms with Gasteiger partial charge in [-0.25, -0.2) is 9.59 Å². The Balaban J connectivity index is 4.52. The number of ether oxygens (including phenoxy) is 1. The molecule has 0 aromatic carbocycles. The van der Waals surface area contributed by atoms with Gasteiger partial charge in [-0.1, -0.05) is 0 Å². The lowest BCUT2D eigenvalue weighted by Crippen LogP contribution is -2.57. The number of nitrogens with two attached hydrogens (primary N) is 1. The molecule has 0 bridgehead atoms. The van der Waals surface area contributed by atoms with E-state index in [2.05, 4.69) is 4.74 Å². The van der Waals surface area contributed by atoms with Crippen LogP contribution in [0.2, 0.25) is 0 Å². The van der Waals surface area contributed by atoms with Gasteiger partial charge in [0, 0.05) is 0 Å². The predicted octanol–water partition coefficient (Wildman–Crippen LogP) is -0.430. The summed E-state index contributed by atoms with van der Waals surface area (Å²) in [5, 5.41) is 8.52. The number of carbonyl (C=O) groups is 2. The Morgan fingerprint density at radius 3 is 2.42 bits per heavy atom. The van der Waals surface area contributed by atoms with Crippen molar-refractivity contribution in [2.75, 3.05) is 12.5 Å². The number of esters is 1. The first-order valence-electron chi connectivity index (χ1n) is 3.24. The summed E-state index contributed by atoms with van der Waals surface area (Å²) < 4.78 is 4.43. The molecule has 1 atom stereocenters. The molecule has 0 saturated heterocycles. The summed E-state index contributed by atoms with van der Waals surface area (Å²) in [6.45, 7) is 1.62. The molecular formula is C6H10ClNO4. The van der Waals surface area contributed by atoms with Gasteiger partial charge in [-0.05, 0) is 6.92 Å². The number of carboxylic acid groups (broad SMARTS) is 1. The summed E-state index contributed by atoms with van der Waals surface area (Å²) >= 11 is 5.23. The first-order valence-corrected chi connectivity index (χ1v) is 3.78. The van der Waals surface area contributed by atoms with Crippen molar-refractivity contribution in [3.05, 3.63) is 0 Å². The van der Waals surface area contributed by atoms with Crippen molar-refractivity contribution in [2.45, 2.75) is 12.5 Å². The largest absolute Gasteiger partial charge is 0.479 e. The van der Waals surface area contributed by atoms with Gasteiger partial charge in [-0.2, -0.15) is 0 Å². The number of hydrogen-bond acceptors (Lipinski definition) is 4. The van der Waals surface area contributed by atoms with E-state index in [-0.39, 0.29) is 6.61 Å². The topological polar surface area (TPSA) is 89.6 Å².